The molecule has 3 heterocycles. The summed E-state index contributed by atoms with van der Waals surface area (Å²) >= 11 is 7.99. The average molecular weight is 484 g/mol. The molecule has 1 aromatic carbocycles. The van der Waals surface area contributed by atoms with Gasteiger partial charge in [-0.05, 0) is 55.3 Å². The fraction of sp³-hybridized carbons (Fsp3) is 0.385. The molecule has 0 saturated carbocycles. The minimum absolute atomic E-state index is 0.0593. The van der Waals surface area contributed by atoms with Gasteiger partial charge in [0, 0.05) is 51.7 Å². The molecule has 0 spiro atoms. The Bertz CT molecular complexity index is 1130. The number of nitrogens with one attached hydrogen (secondary N) is 1. The van der Waals surface area contributed by atoms with Gasteiger partial charge in [-0.1, -0.05) is 29.8 Å². The zero-order valence-corrected chi connectivity index (χ0v) is 20.0. The summed E-state index contributed by atoms with van der Waals surface area (Å²) in [5, 5.41) is 6.00. The summed E-state index contributed by atoms with van der Waals surface area (Å²) < 4.78 is 11.3. The van der Waals surface area contributed by atoms with Crippen LogP contribution in [0.4, 0.5) is 0 Å². The molecule has 33 heavy (non-hydrogen) atoms. The topological polar surface area (TPSA) is 64.6 Å². The van der Waals surface area contributed by atoms with Crippen LogP contribution in [0, 0.1) is 0 Å². The fourth-order valence-corrected chi connectivity index (χ4v) is 6.11. The minimum Gasteiger partial charge on any atom is -0.459 e. The lowest BCUT2D eigenvalue weighted by molar-refractivity contribution is -0.142. The number of allylic oxidation sites excluding steroid dienone is 3. The molecule has 1 aliphatic carbocycles. The number of ether oxygens (including phenoxy) is 2. The quantitative estimate of drug-likeness (QED) is 0.570. The van der Waals surface area contributed by atoms with E-state index in [9.17, 15) is 9.59 Å². The van der Waals surface area contributed by atoms with Crippen molar-refractivity contribution >= 4 is 34.7 Å². The molecule has 0 radical (unpaired) electrons. The van der Waals surface area contributed by atoms with Gasteiger partial charge in [0.05, 0.1) is 11.7 Å². The number of esters is 1. The molecule has 0 bridgehead atoms. The number of rotatable bonds is 5. The van der Waals surface area contributed by atoms with Crippen molar-refractivity contribution in [3.63, 3.8) is 0 Å². The Labute approximate surface area is 202 Å². The van der Waals surface area contributed by atoms with Gasteiger partial charge in [-0.2, -0.15) is 0 Å². The van der Waals surface area contributed by atoms with E-state index in [2.05, 4.69) is 11.4 Å². The molecular weight excluding hydrogens is 458 g/mol. The summed E-state index contributed by atoms with van der Waals surface area (Å²) in [7, 11) is 0. The van der Waals surface area contributed by atoms with Gasteiger partial charge in [0.2, 0.25) is 0 Å². The van der Waals surface area contributed by atoms with Gasteiger partial charge >= 0.3 is 5.97 Å². The lowest BCUT2D eigenvalue weighted by atomic mass is 9.72. The highest BCUT2D eigenvalue weighted by molar-refractivity contribution is 7.10. The number of hydrogen-bond donors (Lipinski definition) is 1. The molecule has 2 aliphatic heterocycles. The number of hydrogen-bond acceptors (Lipinski definition) is 6. The Balaban J connectivity index is 1.50. The minimum atomic E-state index is -0.506. The van der Waals surface area contributed by atoms with Crippen LogP contribution >= 0.6 is 22.9 Å². The third-order valence-corrected chi connectivity index (χ3v) is 7.87. The Morgan fingerprint density at radius 1 is 1.27 bits per heavy atom. The first kappa shape index (κ1) is 22.4. The lowest BCUT2D eigenvalue weighted by Gasteiger charge is -2.36. The van der Waals surface area contributed by atoms with Crippen molar-refractivity contribution < 1.29 is 19.1 Å². The van der Waals surface area contributed by atoms with E-state index in [1.54, 1.807) is 17.4 Å². The number of carbonyl (C=O) groups is 2. The highest BCUT2D eigenvalue weighted by Gasteiger charge is 2.41. The van der Waals surface area contributed by atoms with Crippen LogP contribution in [-0.2, 0) is 19.1 Å². The van der Waals surface area contributed by atoms with Crippen molar-refractivity contribution in [1.29, 1.82) is 0 Å². The molecule has 1 aromatic heterocycles. The fourth-order valence-electron chi connectivity index (χ4n) is 5.08. The zero-order chi connectivity index (χ0) is 22.9. The van der Waals surface area contributed by atoms with Gasteiger partial charge in [0.15, 0.2) is 5.78 Å². The summed E-state index contributed by atoms with van der Waals surface area (Å²) in [4.78, 5) is 28.1. The van der Waals surface area contributed by atoms with E-state index in [4.69, 9.17) is 21.1 Å². The first-order chi connectivity index (χ1) is 16.0. The maximum absolute atomic E-state index is 13.5. The standard InChI is InChI=1S/C26H26ClNO4S/c1-15-23(26(30)32-14-19-7-3-9-31-19)24(16-5-2-6-18(27)11-16)25-20(28-15)12-17(13-21(25)29)22-8-4-10-33-22/h2,4-6,8,10-11,17,19,24,28H,3,7,9,12-14H2,1H3/t17-,19-,24-/m1/s1. The first-order valence-corrected chi connectivity index (χ1v) is 12.6. The second kappa shape index (κ2) is 9.45. The molecule has 0 amide bonds. The molecule has 1 saturated heterocycles. The van der Waals surface area contributed by atoms with E-state index in [1.165, 1.54) is 4.88 Å². The maximum Gasteiger partial charge on any atom is 0.336 e. The number of dihydropyridines is 1. The largest absolute Gasteiger partial charge is 0.459 e. The van der Waals surface area contributed by atoms with Crippen molar-refractivity contribution in [2.75, 3.05) is 13.2 Å². The van der Waals surface area contributed by atoms with Gasteiger partial charge in [-0.25, -0.2) is 4.79 Å². The summed E-state index contributed by atoms with van der Waals surface area (Å²) in [5.41, 5.74) is 3.55. The molecule has 172 valence electrons. The number of thiophene rings is 1. The Morgan fingerprint density at radius 2 is 2.15 bits per heavy atom. The predicted molar refractivity (Wildman–Crippen MR) is 128 cm³/mol. The van der Waals surface area contributed by atoms with Crippen molar-refractivity contribution in [3.05, 3.63) is 79.8 Å². The first-order valence-electron chi connectivity index (χ1n) is 11.3. The van der Waals surface area contributed by atoms with Crippen LogP contribution in [0.15, 0.2) is 64.3 Å². The monoisotopic (exact) mass is 483 g/mol. The van der Waals surface area contributed by atoms with Crippen LogP contribution in [0.1, 0.15) is 54.9 Å². The normalized spacial score (nSPS) is 25.2. The van der Waals surface area contributed by atoms with E-state index in [1.807, 2.05) is 36.6 Å². The van der Waals surface area contributed by atoms with Crippen LogP contribution in [0.25, 0.3) is 0 Å². The molecule has 3 atom stereocenters. The third kappa shape index (κ3) is 4.52. The Hall–Kier alpha value is -2.41. The second-order valence-electron chi connectivity index (χ2n) is 8.82. The van der Waals surface area contributed by atoms with Crippen molar-refractivity contribution in [3.8, 4) is 0 Å². The molecule has 5 nitrogen and oxygen atoms in total. The number of carbonyl (C=O) groups excluding carboxylic acids is 2. The summed E-state index contributed by atoms with van der Waals surface area (Å²) in [6.07, 6.45) is 2.96. The Morgan fingerprint density at radius 3 is 2.88 bits per heavy atom. The molecule has 1 N–H and O–H groups in total. The SMILES string of the molecule is CC1=C(C(=O)OC[C@H]2CCCO2)[C@@H](c2cccc(Cl)c2)C2=C(C[C@@H](c3cccs3)CC2=O)N1. The average Bonchev–Trinajstić information content (AvgIpc) is 3.50. The molecule has 2 aromatic rings. The second-order valence-corrected chi connectivity index (χ2v) is 10.2. The number of halogens is 1. The summed E-state index contributed by atoms with van der Waals surface area (Å²) in [6.45, 7) is 2.80. The van der Waals surface area contributed by atoms with Gasteiger partial charge < -0.3 is 14.8 Å². The molecule has 3 aliphatic rings. The zero-order valence-electron chi connectivity index (χ0n) is 18.4. The van der Waals surface area contributed by atoms with Gasteiger partial charge in [0.25, 0.3) is 0 Å². The maximum atomic E-state index is 13.5. The number of ketones is 1. The summed E-state index contributed by atoms with van der Waals surface area (Å²) in [5.74, 6) is -0.720. The molecule has 0 unspecified atom stereocenters. The Kier molecular flexibility index (Phi) is 6.41. The van der Waals surface area contributed by atoms with Crippen LogP contribution < -0.4 is 5.32 Å². The van der Waals surface area contributed by atoms with E-state index >= 15 is 0 Å². The van der Waals surface area contributed by atoms with Crippen LogP contribution in [0.2, 0.25) is 5.02 Å². The van der Waals surface area contributed by atoms with Gasteiger partial charge in [-0.3, -0.25) is 4.79 Å². The highest BCUT2D eigenvalue weighted by Crippen LogP contribution is 2.46. The molecular formula is C26H26ClNO4S. The van der Waals surface area contributed by atoms with E-state index < -0.39 is 11.9 Å². The number of benzene rings is 1. The lowest BCUT2D eigenvalue weighted by Crippen LogP contribution is -2.36. The molecule has 7 heteroatoms. The van der Waals surface area contributed by atoms with E-state index in [-0.39, 0.29) is 24.4 Å². The summed E-state index contributed by atoms with van der Waals surface area (Å²) in [6, 6.07) is 11.5. The predicted octanol–water partition coefficient (Wildman–Crippen LogP) is 5.49. The molecule has 5 rings (SSSR count). The van der Waals surface area contributed by atoms with Crippen LogP contribution in [0.5, 0.6) is 0 Å². The van der Waals surface area contributed by atoms with E-state index in [0.29, 0.717) is 29.2 Å². The number of Topliss-reactive ketones (excluding diaryl/α,β-unsaturated/α-hetero) is 1. The highest BCUT2D eigenvalue weighted by atomic mass is 35.5. The van der Waals surface area contributed by atoms with Crippen LogP contribution in [0.3, 0.4) is 0 Å². The smallest absolute Gasteiger partial charge is 0.336 e. The van der Waals surface area contributed by atoms with Crippen molar-refractivity contribution in [1.82, 2.24) is 5.32 Å². The van der Waals surface area contributed by atoms with Crippen molar-refractivity contribution in [2.45, 2.75) is 50.5 Å². The van der Waals surface area contributed by atoms with Gasteiger partial charge in [0.1, 0.15) is 6.61 Å². The van der Waals surface area contributed by atoms with Gasteiger partial charge in [-0.15, -0.1) is 11.3 Å². The van der Waals surface area contributed by atoms with E-state index in [0.717, 1.165) is 36.2 Å². The van der Waals surface area contributed by atoms with Crippen molar-refractivity contribution in [2.24, 2.45) is 0 Å². The third-order valence-electron chi connectivity index (χ3n) is 6.60. The molecule has 1 fully saturated rings. The van der Waals surface area contributed by atoms with Crippen LogP contribution in [-0.4, -0.2) is 31.1 Å².